The van der Waals surface area contributed by atoms with Crippen molar-refractivity contribution >= 4 is 17.3 Å². The Labute approximate surface area is 127 Å². The van der Waals surface area contributed by atoms with Crippen LogP contribution < -0.4 is 5.32 Å². The summed E-state index contributed by atoms with van der Waals surface area (Å²) < 4.78 is 0. The SMILES string of the molecule is Cc1ncc(CO)c(CNc2cc(C#N)ccc2Cl)c1O. The highest BCUT2D eigenvalue weighted by Crippen LogP contribution is 2.27. The lowest BCUT2D eigenvalue weighted by Crippen LogP contribution is -2.06. The quantitative estimate of drug-likeness (QED) is 0.808. The number of hydrogen-bond donors (Lipinski definition) is 3. The van der Waals surface area contributed by atoms with Crippen molar-refractivity contribution in [1.29, 1.82) is 5.26 Å². The highest BCUT2D eigenvalue weighted by atomic mass is 35.5. The maximum absolute atomic E-state index is 10.1. The first kappa shape index (κ1) is 15.1. The maximum atomic E-state index is 10.1. The molecule has 108 valence electrons. The van der Waals surface area contributed by atoms with Crippen molar-refractivity contribution in [3.8, 4) is 11.8 Å². The lowest BCUT2D eigenvalue weighted by molar-refractivity contribution is 0.279. The monoisotopic (exact) mass is 303 g/mol. The van der Waals surface area contributed by atoms with E-state index in [1.54, 1.807) is 25.1 Å². The van der Waals surface area contributed by atoms with E-state index in [-0.39, 0.29) is 18.9 Å². The normalized spacial score (nSPS) is 10.2. The van der Waals surface area contributed by atoms with Crippen molar-refractivity contribution in [2.24, 2.45) is 0 Å². The minimum absolute atomic E-state index is 0.0432. The lowest BCUT2D eigenvalue weighted by atomic mass is 10.1. The van der Waals surface area contributed by atoms with E-state index < -0.39 is 0 Å². The summed E-state index contributed by atoms with van der Waals surface area (Å²) in [4.78, 5) is 4.00. The van der Waals surface area contributed by atoms with Crippen LogP contribution in [0.4, 0.5) is 5.69 Å². The van der Waals surface area contributed by atoms with Crippen molar-refractivity contribution in [2.45, 2.75) is 20.1 Å². The summed E-state index contributed by atoms with van der Waals surface area (Å²) in [7, 11) is 0. The minimum Gasteiger partial charge on any atom is -0.506 e. The molecule has 0 bridgehead atoms. The van der Waals surface area contributed by atoms with Gasteiger partial charge in [0.25, 0.3) is 0 Å². The van der Waals surface area contributed by atoms with E-state index >= 15 is 0 Å². The summed E-state index contributed by atoms with van der Waals surface area (Å²) in [6.45, 7) is 1.73. The molecular weight excluding hydrogens is 290 g/mol. The number of nitrogens with zero attached hydrogens (tertiary/aromatic N) is 2. The van der Waals surface area contributed by atoms with Gasteiger partial charge in [-0.3, -0.25) is 4.98 Å². The summed E-state index contributed by atoms with van der Waals surface area (Å²) >= 11 is 6.07. The molecule has 0 saturated heterocycles. The molecule has 0 amide bonds. The van der Waals surface area contributed by atoms with Gasteiger partial charge in [-0.1, -0.05) is 11.6 Å². The fourth-order valence-corrected chi connectivity index (χ4v) is 2.12. The number of aliphatic hydroxyl groups excluding tert-OH is 1. The number of aromatic hydroxyl groups is 1. The Morgan fingerprint density at radius 3 is 2.86 bits per heavy atom. The van der Waals surface area contributed by atoms with Crippen LogP contribution in [0.2, 0.25) is 5.02 Å². The number of aryl methyl sites for hydroxylation is 1. The van der Waals surface area contributed by atoms with Gasteiger partial charge in [0.1, 0.15) is 5.75 Å². The van der Waals surface area contributed by atoms with E-state index in [2.05, 4.69) is 10.3 Å². The van der Waals surface area contributed by atoms with E-state index in [0.717, 1.165) is 0 Å². The van der Waals surface area contributed by atoms with Crippen molar-refractivity contribution in [1.82, 2.24) is 4.98 Å². The van der Waals surface area contributed by atoms with Crippen LogP contribution in [0.1, 0.15) is 22.4 Å². The summed E-state index contributed by atoms with van der Waals surface area (Å²) in [5.74, 6) is 0.0432. The van der Waals surface area contributed by atoms with Gasteiger partial charge in [-0.15, -0.1) is 0 Å². The summed E-state index contributed by atoms with van der Waals surface area (Å²) in [5.41, 5.74) is 2.66. The number of hydrogen-bond acceptors (Lipinski definition) is 5. The van der Waals surface area contributed by atoms with Gasteiger partial charge in [-0.25, -0.2) is 0 Å². The Morgan fingerprint density at radius 1 is 1.43 bits per heavy atom. The second-order valence-electron chi connectivity index (χ2n) is 4.51. The molecule has 0 spiro atoms. The zero-order valence-corrected chi connectivity index (χ0v) is 12.1. The molecule has 0 aliphatic rings. The lowest BCUT2D eigenvalue weighted by Gasteiger charge is -2.14. The molecule has 2 rings (SSSR count). The minimum atomic E-state index is -0.218. The van der Waals surface area contributed by atoms with Crippen LogP contribution in [0.3, 0.4) is 0 Å². The highest BCUT2D eigenvalue weighted by molar-refractivity contribution is 6.33. The molecule has 0 saturated carbocycles. The highest BCUT2D eigenvalue weighted by Gasteiger charge is 2.12. The molecule has 0 radical (unpaired) electrons. The molecule has 0 unspecified atom stereocenters. The largest absolute Gasteiger partial charge is 0.506 e. The number of nitrogens with one attached hydrogen (secondary N) is 1. The average Bonchev–Trinajstić information content (AvgIpc) is 2.50. The van der Waals surface area contributed by atoms with Gasteiger partial charge in [0, 0.05) is 23.9 Å². The molecule has 1 heterocycles. The van der Waals surface area contributed by atoms with Crippen LogP contribution in [0.25, 0.3) is 0 Å². The van der Waals surface area contributed by atoms with Gasteiger partial charge >= 0.3 is 0 Å². The van der Waals surface area contributed by atoms with Gasteiger partial charge in [0.2, 0.25) is 0 Å². The second kappa shape index (κ2) is 6.44. The third-order valence-electron chi connectivity index (χ3n) is 3.15. The number of benzene rings is 1. The number of nitriles is 1. The first-order valence-corrected chi connectivity index (χ1v) is 6.65. The van der Waals surface area contributed by atoms with Crippen LogP contribution in [-0.2, 0) is 13.2 Å². The molecule has 0 atom stereocenters. The standard InChI is InChI=1S/C15H14ClN3O2/c1-9-15(21)12(11(8-20)6-18-9)7-19-14-4-10(5-17)2-3-13(14)16/h2-4,6,19-21H,7-8H2,1H3. The fourth-order valence-electron chi connectivity index (χ4n) is 1.93. The number of anilines is 1. The van der Waals surface area contributed by atoms with Crippen LogP contribution in [0.15, 0.2) is 24.4 Å². The van der Waals surface area contributed by atoms with E-state index in [9.17, 15) is 10.2 Å². The number of aliphatic hydroxyl groups is 1. The molecule has 2 aromatic rings. The summed E-state index contributed by atoms with van der Waals surface area (Å²) in [6, 6.07) is 6.93. The van der Waals surface area contributed by atoms with Gasteiger partial charge in [-0.05, 0) is 25.1 Å². The van der Waals surface area contributed by atoms with Crippen molar-refractivity contribution in [3.05, 3.63) is 51.8 Å². The Balaban J connectivity index is 2.29. The van der Waals surface area contributed by atoms with Crippen LogP contribution >= 0.6 is 11.6 Å². The van der Waals surface area contributed by atoms with Crippen LogP contribution in [-0.4, -0.2) is 15.2 Å². The topological polar surface area (TPSA) is 89.2 Å². The molecule has 1 aromatic heterocycles. The molecule has 1 aromatic carbocycles. The fraction of sp³-hybridized carbons (Fsp3) is 0.200. The van der Waals surface area contributed by atoms with Crippen LogP contribution in [0.5, 0.6) is 5.75 Å². The van der Waals surface area contributed by atoms with Crippen molar-refractivity contribution in [2.75, 3.05) is 5.32 Å². The third kappa shape index (κ3) is 3.24. The van der Waals surface area contributed by atoms with Crippen molar-refractivity contribution < 1.29 is 10.2 Å². The molecule has 3 N–H and O–H groups in total. The molecule has 0 aliphatic carbocycles. The van der Waals surface area contributed by atoms with Gasteiger partial charge in [0.05, 0.1) is 34.6 Å². The average molecular weight is 304 g/mol. The zero-order chi connectivity index (χ0) is 15.4. The number of halogens is 1. The van der Waals surface area contributed by atoms with Gasteiger partial charge in [-0.2, -0.15) is 5.26 Å². The Hall–Kier alpha value is -2.29. The number of aromatic nitrogens is 1. The zero-order valence-electron chi connectivity index (χ0n) is 11.4. The van der Waals surface area contributed by atoms with E-state index in [1.165, 1.54) is 6.20 Å². The summed E-state index contributed by atoms with van der Waals surface area (Å²) in [6.07, 6.45) is 1.53. The number of pyridine rings is 1. The van der Waals surface area contributed by atoms with E-state index in [4.69, 9.17) is 16.9 Å². The Bertz CT molecular complexity index is 711. The smallest absolute Gasteiger partial charge is 0.142 e. The predicted octanol–water partition coefficient (Wildman–Crippen LogP) is 2.73. The Morgan fingerprint density at radius 2 is 2.19 bits per heavy atom. The second-order valence-corrected chi connectivity index (χ2v) is 4.92. The molecule has 6 heteroatoms. The number of rotatable bonds is 4. The van der Waals surface area contributed by atoms with Gasteiger partial charge < -0.3 is 15.5 Å². The summed E-state index contributed by atoms with van der Waals surface area (Å²) in [5, 5.41) is 31.8. The van der Waals surface area contributed by atoms with E-state index in [0.29, 0.717) is 33.1 Å². The van der Waals surface area contributed by atoms with Crippen molar-refractivity contribution in [3.63, 3.8) is 0 Å². The van der Waals surface area contributed by atoms with E-state index in [1.807, 2.05) is 6.07 Å². The molecule has 5 nitrogen and oxygen atoms in total. The molecule has 0 fully saturated rings. The van der Waals surface area contributed by atoms with Gasteiger partial charge in [0.15, 0.2) is 0 Å². The third-order valence-corrected chi connectivity index (χ3v) is 3.48. The first-order chi connectivity index (χ1) is 10.1. The maximum Gasteiger partial charge on any atom is 0.142 e. The molecular formula is C15H14ClN3O2. The van der Waals surface area contributed by atoms with Crippen LogP contribution in [0, 0.1) is 18.3 Å². The molecule has 0 aliphatic heterocycles. The first-order valence-electron chi connectivity index (χ1n) is 6.27. The molecule has 21 heavy (non-hydrogen) atoms. The Kier molecular flexibility index (Phi) is 4.63. The predicted molar refractivity (Wildman–Crippen MR) is 80.1 cm³/mol.